The van der Waals surface area contributed by atoms with E-state index in [4.69, 9.17) is 4.74 Å². The van der Waals surface area contributed by atoms with Gasteiger partial charge in [-0.3, -0.25) is 0 Å². The van der Waals surface area contributed by atoms with Crippen LogP contribution in [0.2, 0.25) is 0 Å². The van der Waals surface area contributed by atoms with Crippen LogP contribution in [-0.4, -0.2) is 35.0 Å². The Morgan fingerprint density at radius 2 is 2.17 bits per heavy atom. The van der Waals surface area contributed by atoms with Crippen LogP contribution in [-0.2, 0) is 9.53 Å². The van der Waals surface area contributed by atoms with Gasteiger partial charge < -0.3 is 14.9 Å². The lowest BCUT2D eigenvalue weighted by Crippen LogP contribution is -2.48. The number of carbonyl (C=O) groups excluding carboxylic acids is 1. The van der Waals surface area contributed by atoms with Crippen molar-refractivity contribution in [2.24, 2.45) is 23.2 Å². The molecule has 3 aliphatic rings. The normalized spacial score (nSPS) is 45.6. The van der Waals surface area contributed by atoms with E-state index in [0.29, 0.717) is 23.3 Å². The first-order valence-corrected chi connectivity index (χ1v) is 8.74. The standard InChI is InChI=1S/C19H28O4/c1-11-4-6-15-12(2)16(20)8-9-19(15,3)14(11)7-5-13-17(21)10-23-18(13)22/h4-5,12,14-17,20-21H,6-10H2,1-3H3/b13-5+/t12-,14-,15-,16-,17-,19+/m1/s1. The lowest BCUT2D eigenvalue weighted by Gasteiger charge is -2.54. The minimum absolute atomic E-state index is 0.0767. The van der Waals surface area contributed by atoms with Gasteiger partial charge in [0.05, 0.1) is 11.7 Å². The number of cyclic esters (lactones) is 1. The van der Waals surface area contributed by atoms with Gasteiger partial charge in [-0.1, -0.05) is 31.6 Å². The smallest absolute Gasteiger partial charge is 0.336 e. The van der Waals surface area contributed by atoms with E-state index in [2.05, 4.69) is 26.8 Å². The molecular formula is C19H28O4. The topological polar surface area (TPSA) is 66.8 Å². The number of allylic oxidation sites excluding steroid dienone is 3. The Bertz CT molecular complexity index is 550. The SMILES string of the molecule is CC1=CC[C@@H]2[C@@H](C)[C@H](O)CC[C@@]2(C)[C@@H]1C/C=C1/C(=O)OC[C@H]1O. The second-order valence-corrected chi connectivity index (χ2v) is 7.82. The lowest BCUT2D eigenvalue weighted by molar-refractivity contribution is -0.135. The zero-order valence-electron chi connectivity index (χ0n) is 14.3. The molecule has 1 aliphatic heterocycles. The van der Waals surface area contributed by atoms with Gasteiger partial charge in [0.1, 0.15) is 12.7 Å². The molecule has 2 N–H and O–H groups in total. The highest BCUT2D eigenvalue weighted by molar-refractivity contribution is 5.91. The summed E-state index contributed by atoms with van der Waals surface area (Å²) in [5.41, 5.74) is 1.92. The molecule has 23 heavy (non-hydrogen) atoms. The van der Waals surface area contributed by atoms with Crippen molar-refractivity contribution in [3.8, 4) is 0 Å². The summed E-state index contributed by atoms with van der Waals surface area (Å²) in [5, 5.41) is 20.1. The molecule has 1 saturated heterocycles. The van der Waals surface area contributed by atoms with E-state index in [9.17, 15) is 15.0 Å². The number of aliphatic hydroxyl groups is 2. The van der Waals surface area contributed by atoms with E-state index < -0.39 is 6.10 Å². The molecule has 128 valence electrons. The number of hydrogen-bond donors (Lipinski definition) is 2. The Morgan fingerprint density at radius 3 is 2.83 bits per heavy atom. The number of esters is 1. The molecule has 4 nitrogen and oxygen atoms in total. The molecule has 0 bridgehead atoms. The highest BCUT2D eigenvalue weighted by Crippen LogP contribution is 2.56. The number of rotatable bonds is 2. The second-order valence-electron chi connectivity index (χ2n) is 7.82. The molecule has 0 aromatic rings. The third-order valence-electron chi connectivity index (χ3n) is 6.65. The maximum atomic E-state index is 11.7. The maximum absolute atomic E-state index is 11.7. The predicted molar refractivity (Wildman–Crippen MR) is 87.5 cm³/mol. The van der Waals surface area contributed by atoms with Crippen molar-refractivity contribution in [1.29, 1.82) is 0 Å². The van der Waals surface area contributed by atoms with Crippen LogP contribution in [0.25, 0.3) is 0 Å². The van der Waals surface area contributed by atoms with Crippen molar-refractivity contribution in [1.82, 2.24) is 0 Å². The molecule has 2 fully saturated rings. The lowest BCUT2D eigenvalue weighted by atomic mass is 9.52. The highest BCUT2D eigenvalue weighted by atomic mass is 16.6. The Hall–Kier alpha value is -1.13. The highest BCUT2D eigenvalue weighted by Gasteiger charge is 2.49. The summed E-state index contributed by atoms with van der Waals surface area (Å²) in [5.74, 6) is 0.738. The van der Waals surface area contributed by atoms with Gasteiger partial charge in [-0.05, 0) is 55.8 Å². The average Bonchev–Trinajstić information content (AvgIpc) is 2.82. The molecule has 0 unspecified atom stereocenters. The minimum atomic E-state index is -0.786. The molecule has 2 aliphatic carbocycles. The van der Waals surface area contributed by atoms with Gasteiger partial charge in [0.15, 0.2) is 0 Å². The molecule has 6 atom stereocenters. The fourth-order valence-electron chi connectivity index (χ4n) is 5.05. The number of fused-ring (bicyclic) bond motifs is 1. The minimum Gasteiger partial charge on any atom is -0.459 e. The average molecular weight is 320 g/mol. The van der Waals surface area contributed by atoms with Crippen LogP contribution >= 0.6 is 0 Å². The van der Waals surface area contributed by atoms with Gasteiger partial charge >= 0.3 is 5.97 Å². The van der Waals surface area contributed by atoms with Gasteiger partial charge in [0, 0.05) is 0 Å². The largest absolute Gasteiger partial charge is 0.459 e. The van der Waals surface area contributed by atoms with Gasteiger partial charge in [0.25, 0.3) is 0 Å². The van der Waals surface area contributed by atoms with Crippen molar-refractivity contribution >= 4 is 5.97 Å². The third-order valence-corrected chi connectivity index (χ3v) is 6.65. The first kappa shape index (κ1) is 16.7. The van der Waals surface area contributed by atoms with E-state index in [1.54, 1.807) is 0 Å². The summed E-state index contributed by atoms with van der Waals surface area (Å²) >= 11 is 0. The number of carbonyl (C=O) groups is 1. The summed E-state index contributed by atoms with van der Waals surface area (Å²) in [6, 6.07) is 0. The van der Waals surface area contributed by atoms with Gasteiger partial charge in [-0.15, -0.1) is 0 Å². The van der Waals surface area contributed by atoms with Crippen LogP contribution in [0.5, 0.6) is 0 Å². The fraction of sp³-hybridized carbons (Fsp3) is 0.737. The van der Waals surface area contributed by atoms with Gasteiger partial charge in [0.2, 0.25) is 0 Å². The molecular weight excluding hydrogens is 292 g/mol. The van der Waals surface area contributed by atoms with Crippen molar-refractivity contribution in [2.75, 3.05) is 6.61 Å². The molecule has 3 rings (SSSR count). The molecule has 0 amide bonds. The Labute approximate surface area is 138 Å². The zero-order chi connectivity index (χ0) is 16.8. The van der Waals surface area contributed by atoms with Crippen LogP contribution in [0.3, 0.4) is 0 Å². The van der Waals surface area contributed by atoms with E-state index in [1.807, 2.05) is 6.08 Å². The van der Waals surface area contributed by atoms with E-state index in [0.717, 1.165) is 25.7 Å². The molecule has 0 aromatic carbocycles. The van der Waals surface area contributed by atoms with Crippen molar-refractivity contribution in [3.05, 3.63) is 23.3 Å². The predicted octanol–water partition coefficient (Wildman–Crippen LogP) is 2.60. The number of ether oxygens (including phenoxy) is 1. The molecule has 0 radical (unpaired) electrons. The van der Waals surface area contributed by atoms with E-state index in [1.165, 1.54) is 5.57 Å². The Morgan fingerprint density at radius 1 is 1.43 bits per heavy atom. The third kappa shape index (κ3) is 2.76. The van der Waals surface area contributed by atoms with Crippen molar-refractivity contribution in [2.45, 2.75) is 58.7 Å². The molecule has 1 saturated carbocycles. The monoisotopic (exact) mass is 320 g/mol. The summed E-state index contributed by atoms with van der Waals surface area (Å²) in [6.07, 6.45) is 6.82. The summed E-state index contributed by atoms with van der Waals surface area (Å²) < 4.78 is 4.90. The Balaban J connectivity index is 1.85. The summed E-state index contributed by atoms with van der Waals surface area (Å²) in [6.45, 7) is 6.75. The van der Waals surface area contributed by atoms with Crippen molar-refractivity contribution < 1.29 is 19.7 Å². The van der Waals surface area contributed by atoms with Gasteiger partial charge in [-0.2, -0.15) is 0 Å². The van der Waals surface area contributed by atoms with Crippen LogP contribution in [0.15, 0.2) is 23.3 Å². The van der Waals surface area contributed by atoms with E-state index >= 15 is 0 Å². The van der Waals surface area contributed by atoms with Crippen molar-refractivity contribution in [3.63, 3.8) is 0 Å². The molecule has 0 spiro atoms. The summed E-state index contributed by atoms with van der Waals surface area (Å²) in [4.78, 5) is 11.7. The molecule has 1 heterocycles. The van der Waals surface area contributed by atoms with Gasteiger partial charge in [-0.25, -0.2) is 4.79 Å². The fourth-order valence-corrected chi connectivity index (χ4v) is 5.05. The molecule has 4 heteroatoms. The molecule has 0 aromatic heterocycles. The summed E-state index contributed by atoms with van der Waals surface area (Å²) in [7, 11) is 0. The quantitative estimate of drug-likeness (QED) is 0.466. The van der Waals surface area contributed by atoms with Crippen LogP contribution in [0.1, 0.15) is 46.5 Å². The van der Waals surface area contributed by atoms with Crippen LogP contribution in [0.4, 0.5) is 0 Å². The maximum Gasteiger partial charge on any atom is 0.336 e. The van der Waals surface area contributed by atoms with E-state index in [-0.39, 0.29) is 24.1 Å². The first-order valence-electron chi connectivity index (χ1n) is 8.74. The Kier molecular flexibility index (Phi) is 4.41. The first-order chi connectivity index (χ1) is 10.8. The zero-order valence-corrected chi connectivity index (χ0v) is 14.3. The van der Waals surface area contributed by atoms with Crippen LogP contribution in [0, 0.1) is 23.2 Å². The number of aliphatic hydroxyl groups excluding tert-OH is 2. The second kappa shape index (κ2) is 6.06. The number of hydrogen-bond acceptors (Lipinski definition) is 4. The van der Waals surface area contributed by atoms with Crippen LogP contribution < -0.4 is 0 Å².